The second-order valence-electron chi connectivity index (χ2n) is 4.79. The van der Waals surface area contributed by atoms with Crippen molar-refractivity contribution in [3.05, 3.63) is 0 Å². The third kappa shape index (κ3) is 1.64. The molecule has 0 bridgehead atoms. The lowest BCUT2D eigenvalue weighted by Crippen LogP contribution is -2.43. The number of carbonyl (C=O) groups excluding carboxylic acids is 1. The van der Waals surface area contributed by atoms with Crippen molar-refractivity contribution in [3.63, 3.8) is 0 Å². The molecule has 0 saturated carbocycles. The van der Waals surface area contributed by atoms with Crippen LogP contribution in [0.2, 0.25) is 0 Å². The van der Waals surface area contributed by atoms with Gasteiger partial charge in [-0.3, -0.25) is 4.79 Å². The molecular formula is C10H19N3O. The zero-order valence-electron chi connectivity index (χ0n) is 8.75. The lowest BCUT2D eigenvalue weighted by atomic mass is 9.88. The van der Waals surface area contributed by atoms with E-state index in [0.29, 0.717) is 0 Å². The van der Waals surface area contributed by atoms with Crippen LogP contribution in [0.5, 0.6) is 0 Å². The van der Waals surface area contributed by atoms with Crippen LogP contribution in [0.25, 0.3) is 0 Å². The summed E-state index contributed by atoms with van der Waals surface area (Å²) in [5.41, 5.74) is 5.62. The zero-order chi connectivity index (χ0) is 10.2. The summed E-state index contributed by atoms with van der Waals surface area (Å²) in [6.07, 6.45) is 1.91. The Labute approximate surface area is 84.8 Å². The molecule has 2 aliphatic rings. The van der Waals surface area contributed by atoms with Crippen LogP contribution in [0.4, 0.5) is 0 Å². The van der Waals surface area contributed by atoms with E-state index in [1.54, 1.807) is 0 Å². The van der Waals surface area contributed by atoms with Crippen LogP contribution in [0, 0.1) is 5.41 Å². The SMILES string of the molecule is CC1(C(=O)N2CC[C@@H](N)C2)CCNC1. The highest BCUT2D eigenvalue weighted by Gasteiger charge is 2.40. The van der Waals surface area contributed by atoms with E-state index >= 15 is 0 Å². The molecule has 4 heteroatoms. The predicted molar refractivity (Wildman–Crippen MR) is 54.8 cm³/mol. The number of hydrogen-bond acceptors (Lipinski definition) is 3. The third-order valence-corrected chi connectivity index (χ3v) is 3.40. The minimum absolute atomic E-state index is 0.177. The highest BCUT2D eigenvalue weighted by molar-refractivity contribution is 5.83. The molecule has 0 aromatic rings. The average Bonchev–Trinajstić information content (AvgIpc) is 2.74. The number of hydrogen-bond donors (Lipinski definition) is 2. The normalized spacial score (nSPS) is 37.9. The fraction of sp³-hybridized carbons (Fsp3) is 0.900. The molecule has 0 aliphatic carbocycles. The van der Waals surface area contributed by atoms with Crippen molar-refractivity contribution in [2.75, 3.05) is 26.2 Å². The summed E-state index contributed by atoms with van der Waals surface area (Å²) in [5.74, 6) is 0.287. The Morgan fingerprint density at radius 1 is 1.64 bits per heavy atom. The Bertz CT molecular complexity index is 236. The van der Waals surface area contributed by atoms with Crippen LogP contribution in [0.1, 0.15) is 19.8 Å². The van der Waals surface area contributed by atoms with Gasteiger partial charge in [0.05, 0.1) is 5.41 Å². The molecule has 2 rings (SSSR count). The van der Waals surface area contributed by atoms with E-state index in [4.69, 9.17) is 5.73 Å². The van der Waals surface area contributed by atoms with Gasteiger partial charge in [-0.05, 0) is 26.3 Å². The van der Waals surface area contributed by atoms with Crippen LogP contribution in [0.15, 0.2) is 0 Å². The summed E-state index contributed by atoms with van der Waals surface area (Å²) in [6, 6.07) is 0.192. The smallest absolute Gasteiger partial charge is 0.229 e. The highest BCUT2D eigenvalue weighted by Crippen LogP contribution is 2.28. The quantitative estimate of drug-likeness (QED) is 0.598. The molecule has 2 fully saturated rings. The van der Waals surface area contributed by atoms with E-state index in [-0.39, 0.29) is 17.4 Å². The summed E-state index contributed by atoms with van der Waals surface area (Å²) in [4.78, 5) is 14.1. The van der Waals surface area contributed by atoms with E-state index < -0.39 is 0 Å². The van der Waals surface area contributed by atoms with Gasteiger partial charge in [0.2, 0.25) is 5.91 Å². The molecule has 2 saturated heterocycles. The van der Waals surface area contributed by atoms with Gasteiger partial charge in [0.25, 0.3) is 0 Å². The number of nitrogens with one attached hydrogen (secondary N) is 1. The van der Waals surface area contributed by atoms with Gasteiger partial charge < -0.3 is 16.0 Å². The Kier molecular flexibility index (Phi) is 2.49. The first-order valence-electron chi connectivity index (χ1n) is 5.37. The number of rotatable bonds is 1. The van der Waals surface area contributed by atoms with Crippen molar-refractivity contribution in [2.45, 2.75) is 25.8 Å². The van der Waals surface area contributed by atoms with E-state index in [2.05, 4.69) is 12.2 Å². The van der Waals surface area contributed by atoms with Crippen molar-refractivity contribution in [2.24, 2.45) is 11.1 Å². The number of nitrogens with zero attached hydrogens (tertiary/aromatic N) is 1. The van der Waals surface area contributed by atoms with E-state index in [1.807, 2.05) is 4.90 Å². The fourth-order valence-electron chi connectivity index (χ4n) is 2.35. The lowest BCUT2D eigenvalue weighted by molar-refractivity contribution is -0.139. The molecule has 0 radical (unpaired) electrons. The maximum atomic E-state index is 12.1. The van der Waals surface area contributed by atoms with Crippen molar-refractivity contribution < 1.29 is 4.79 Å². The number of nitrogens with two attached hydrogens (primary N) is 1. The number of likely N-dealkylation sites (tertiary alicyclic amines) is 1. The first kappa shape index (κ1) is 9.93. The Morgan fingerprint density at radius 3 is 2.93 bits per heavy atom. The molecule has 2 atom stereocenters. The van der Waals surface area contributed by atoms with Crippen molar-refractivity contribution >= 4 is 5.91 Å². The van der Waals surface area contributed by atoms with Crippen LogP contribution in [-0.4, -0.2) is 43.0 Å². The van der Waals surface area contributed by atoms with Crippen LogP contribution in [-0.2, 0) is 4.79 Å². The van der Waals surface area contributed by atoms with Gasteiger partial charge >= 0.3 is 0 Å². The Balaban J connectivity index is 2.00. The minimum Gasteiger partial charge on any atom is -0.341 e. The summed E-state index contributed by atoms with van der Waals surface area (Å²) >= 11 is 0. The third-order valence-electron chi connectivity index (χ3n) is 3.40. The summed E-state index contributed by atoms with van der Waals surface area (Å²) in [5, 5.41) is 3.25. The second kappa shape index (κ2) is 3.51. The van der Waals surface area contributed by atoms with E-state index in [1.165, 1.54) is 0 Å². The molecule has 2 aliphatic heterocycles. The van der Waals surface area contributed by atoms with Crippen LogP contribution < -0.4 is 11.1 Å². The second-order valence-corrected chi connectivity index (χ2v) is 4.79. The molecule has 0 aromatic carbocycles. The van der Waals surface area contributed by atoms with Crippen molar-refractivity contribution in [1.29, 1.82) is 0 Å². The molecule has 3 N–H and O–H groups in total. The maximum absolute atomic E-state index is 12.1. The van der Waals surface area contributed by atoms with Crippen molar-refractivity contribution in [3.8, 4) is 0 Å². The lowest BCUT2D eigenvalue weighted by Gasteiger charge is -2.27. The van der Waals surface area contributed by atoms with Crippen LogP contribution >= 0.6 is 0 Å². The number of amides is 1. The van der Waals surface area contributed by atoms with Gasteiger partial charge in [-0.1, -0.05) is 0 Å². The summed E-state index contributed by atoms with van der Waals surface area (Å²) in [7, 11) is 0. The zero-order valence-corrected chi connectivity index (χ0v) is 8.75. The molecule has 0 spiro atoms. The molecule has 80 valence electrons. The largest absolute Gasteiger partial charge is 0.341 e. The standard InChI is InChI=1S/C10H19N3O/c1-10(3-4-12-7-10)9(14)13-5-2-8(11)6-13/h8,12H,2-7,11H2,1H3/t8-,10?/m1/s1. The van der Waals surface area contributed by atoms with E-state index in [0.717, 1.165) is 39.0 Å². The molecule has 1 unspecified atom stereocenters. The van der Waals surface area contributed by atoms with Crippen LogP contribution in [0.3, 0.4) is 0 Å². The average molecular weight is 197 g/mol. The first-order valence-corrected chi connectivity index (χ1v) is 5.37. The van der Waals surface area contributed by atoms with Gasteiger partial charge in [-0.25, -0.2) is 0 Å². The molecule has 4 nitrogen and oxygen atoms in total. The Morgan fingerprint density at radius 2 is 2.43 bits per heavy atom. The summed E-state index contributed by atoms with van der Waals surface area (Å²) < 4.78 is 0. The van der Waals surface area contributed by atoms with Gasteiger partial charge in [-0.2, -0.15) is 0 Å². The maximum Gasteiger partial charge on any atom is 0.229 e. The Hall–Kier alpha value is -0.610. The van der Waals surface area contributed by atoms with Gasteiger partial charge in [0.1, 0.15) is 0 Å². The molecule has 1 amide bonds. The molecule has 2 heterocycles. The summed E-state index contributed by atoms with van der Waals surface area (Å²) in [6.45, 7) is 5.42. The minimum atomic E-state index is -0.177. The highest BCUT2D eigenvalue weighted by atomic mass is 16.2. The monoisotopic (exact) mass is 197 g/mol. The topological polar surface area (TPSA) is 58.4 Å². The molecule has 14 heavy (non-hydrogen) atoms. The van der Waals surface area contributed by atoms with Gasteiger partial charge in [0, 0.05) is 25.7 Å². The van der Waals surface area contributed by atoms with Gasteiger partial charge in [0.15, 0.2) is 0 Å². The molecule has 0 aromatic heterocycles. The van der Waals surface area contributed by atoms with Gasteiger partial charge in [-0.15, -0.1) is 0 Å². The predicted octanol–water partition coefficient (Wildman–Crippen LogP) is -0.454. The number of carbonyl (C=O) groups is 1. The van der Waals surface area contributed by atoms with Crippen molar-refractivity contribution in [1.82, 2.24) is 10.2 Å². The first-order chi connectivity index (χ1) is 6.62. The fourth-order valence-corrected chi connectivity index (χ4v) is 2.35. The van der Waals surface area contributed by atoms with E-state index in [9.17, 15) is 4.79 Å². The molecular weight excluding hydrogens is 178 g/mol.